The lowest BCUT2D eigenvalue weighted by atomic mass is 10.2. The molecule has 2 rings (SSSR count). The van der Waals surface area contributed by atoms with E-state index >= 15 is 0 Å². The second kappa shape index (κ2) is 5.97. The van der Waals surface area contributed by atoms with Crippen molar-refractivity contribution in [3.8, 4) is 0 Å². The molecule has 0 radical (unpaired) electrons. The van der Waals surface area contributed by atoms with E-state index in [9.17, 15) is 13.6 Å². The second-order valence-corrected chi connectivity index (χ2v) is 5.17. The standard InChI is InChI=1S/C15H12F2OS/c1-10(18)12-3-5-13(6-4-12)19-9-11-2-7-14(16)15(17)8-11/h2-8H,9H2,1H3. The minimum Gasteiger partial charge on any atom is -0.295 e. The van der Waals surface area contributed by atoms with Crippen LogP contribution >= 0.6 is 11.8 Å². The molecular formula is C15H12F2OS. The summed E-state index contributed by atoms with van der Waals surface area (Å²) in [6.07, 6.45) is 0. The highest BCUT2D eigenvalue weighted by molar-refractivity contribution is 7.98. The molecule has 0 spiro atoms. The molecule has 0 aliphatic rings. The lowest BCUT2D eigenvalue weighted by Gasteiger charge is -2.03. The van der Waals surface area contributed by atoms with Crippen LogP contribution < -0.4 is 0 Å². The summed E-state index contributed by atoms with van der Waals surface area (Å²) in [6, 6.07) is 11.1. The zero-order valence-electron chi connectivity index (χ0n) is 10.3. The van der Waals surface area contributed by atoms with Gasteiger partial charge in [-0.25, -0.2) is 8.78 Å². The Bertz CT molecular complexity index is 594. The number of carbonyl (C=O) groups excluding carboxylic acids is 1. The smallest absolute Gasteiger partial charge is 0.159 e. The topological polar surface area (TPSA) is 17.1 Å². The number of ketones is 1. The first-order chi connectivity index (χ1) is 9.06. The summed E-state index contributed by atoms with van der Waals surface area (Å²) in [6.45, 7) is 1.52. The van der Waals surface area contributed by atoms with Crippen LogP contribution in [-0.4, -0.2) is 5.78 Å². The molecule has 0 fully saturated rings. The lowest BCUT2D eigenvalue weighted by Crippen LogP contribution is -1.91. The van der Waals surface area contributed by atoms with Crippen LogP contribution in [0.25, 0.3) is 0 Å². The van der Waals surface area contributed by atoms with Crippen LogP contribution in [0.1, 0.15) is 22.8 Å². The summed E-state index contributed by atoms with van der Waals surface area (Å²) < 4.78 is 25.8. The Labute approximate surface area is 114 Å². The van der Waals surface area contributed by atoms with E-state index in [0.717, 1.165) is 16.5 Å². The Morgan fingerprint density at radius 3 is 2.32 bits per heavy atom. The van der Waals surface area contributed by atoms with Crippen LogP contribution in [0.15, 0.2) is 47.4 Å². The fourth-order valence-corrected chi connectivity index (χ4v) is 2.42. The molecule has 0 unspecified atom stereocenters. The summed E-state index contributed by atoms with van der Waals surface area (Å²) in [7, 11) is 0. The molecule has 0 atom stereocenters. The second-order valence-electron chi connectivity index (χ2n) is 4.12. The molecule has 4 heteroatoms. The summed E-state index contributed by atoms with van der Waals surface area (Å²) in [5, 5.41) is 0. The van der Waals surface area contributed by atoms with E-state index in [-0.39, 0.29) is 5.78 Å². The first kappa shape index (κ1) is 13.7. The van der Waals surface area contributed by atoms with Gasteiger partial charge in [-0.05, 0) is 36.8 Å². The van der Waals surface area contributed by atoms with Crippen molar-refractivity contribution in [1.82, 2.24) is 0 Å². The summed E-state index contributed by atoms with van der Waals surface area (Å²) in [4.78, 5) is 12.1. The third-order valence-electron chi connectivity index (χ3n) is 2.65. The van der Waals surface area contributed by atoms with Crippen LogP contribution in [0.3, 0.4) is 0 Å². The molecule has 2 aromatic rings. The highest BCUT2D eigenvalue weighted by atomic mass is 32.2. The third kappa shape index (κ3) is 3.64. The Balaban J connectivity index is 2.01. The van der Waals surface area contributed by atoms with E-state index in [4.69, 9.17) is 0 Å². The van der Waals surface area contributed by atoms with E-state index in [1.165, 1.54) is 24.8 Å². The van der Waals surface area contributed by atoms with Gasteiger partial charge in [-0.2, -0.15) is 0 Å². The Morgan fingerprint density at radius 1 is 1.05 bits per heavy atom. The molecule has 0 aromatic heterocycles. The monoisotopic (exact) mass is 278 g/mol. The molecule has 98 valence electrons. The maximum absolute atomic E-state index is 13.0. The number of halogens is 2. The van der Waals surface area contributed by atoms with Gasteiger partial charge in [0.25, 0.3) is 0 Å². The van der Waals surface area contributed by atoms with E-state index in [1.54, 1.807) is 18.2 Å². The molecule has 0 saturated heterocycles. The first-order valence-electron chi connectivity index (χ1n) is 5.74. The zero-order chi connectivity index (χ0) is 13.8. The van der Waals surface area contributed by atoms with Gasteiger partial charge in [0.1, 0.15) is 0 Å². The zero-order valence-corrected chi connectivity index (χ0v) is 11.1. The first-order valence-corrected chi connectivity index (χ1v) is 6.72. The molecule has 19 heavy (non-hydrogen) atoms. The van der Waals surface area contributed by atoms with Crippen molar-refractivity contribution in [2.24, 2.45) is 0 Å². The van der Waals surface area contributed by atoms with Crippen molar-refractivity contribution in [3.63, 3.8) is 0 Å². The Morgan fingerprint density at radius 2 is 1.74 bits per heavy atom. The van der Waals surface area contributed by atoms with Gasteiger partial charge < -0.3 is 0 Å². The molecule has 0 aliphatic heterocycles. The molecule has 0 N–H and O–H groups in total. The molecule has 2 aromatic carbocycles. The number of hydrogen-bond donors (Lipinski definition) is 0. The number of thioether (sulfide) groups is 1. The molecule has 0 aliphatic carbocycles. The maximum atomic E-state index is 13.0. The van der Waals surface area contributed by atoms with E-state index < -0.39 is 11.6 Å². The van der Waals surface area contributed by atoms with Crippen molar-refractivity contribution in [3.05, 3.63) is 65.2 Å². The molecule has 0 saturated carbocycles. The van der Waals surface area contributed by atoms with Gasteiger partial charge in [0.15, 0.2) is 17.4 Å². The van der Waals surface area contributed by atoms with Gasteiger partial charge in [0.05, 0.1) is 0 Å². The normalized spacial score (nSPS) is 10.5. The number of benzene rings is 2. The van der Waals surface area contributed by atoms with Crippen LogP contribution in [0.5, 0.6) is 0 Å². The summed E-state index contributed by atoms with van der Waals surface area (Å²) >= 11 is 1.51. The minimum absolute atomic E-state index is 0.0251. The van der Waals surface area contributed by atoms with Crippen LogP contribution in [0.2, 0.25) is 0 Å². The van der Waals surface area contributed by atoms with Crippen LogP contribution in [0, 0.1) is 11.6 Å². The third-order valence-corrected chi connectivity index (χ3v) is 3.73. The van der Waals surface area contributed by atoms with Gasteiger partial charge >= 0.3 is 0 Å². The summed E-state index contributed by atoms with van der Waals surface area (Å²) in [5.74, 6) is -1.09. The molecule has 0 amide bonds. The number of rotatable bonds is 4. The average Bonchev–Trinajstić information content (AvgIpc) is 2.40. The van der Waals surface area contributed by atoms with E-state index in [1.807, 2.05) is 12.1 Å². The van der Waals surface area contributed by atoms with Gasteiger partial charge in [-0.15, -0.1) is 11.8 Å². The van der Waals surface area contributed by atoms with Crippen molar-refractivity contribution >= 4 is 17.5 Å². The molecule has 0 bridgehead atoms. The fraction of sp³-hybridized carbons (Fsp3) is 0.133. The average molecular weight is 278 g/mol. The molecular weight excluding hydrogens is 266 g/mol. The number of hydrogen-bond acceptors (Lipinski definition) is 2. The molecule has 0 heterocycles. The highest BCUT2D eigenvalue weighted by Gasteiger charge is 2.04. The lowest BCUT2D eigenvalue weighted by molar-refractivity contribution is 0.101. The van der Waals surface area contributed by atoms with Crippen LogP contribution in [-0.2, 0) is 5.75 Å². The maximum Gasteiger partial charge on any atom is 0.159 e. The minimum atomic E-state index is -0.834. The number of Topliss-reactive ketones (excluding diaryl/α,β-unsaturated/α-hetero) is 1. The quantitative estimate of drug-likeness (QED) is 0.606. The fourth-order valence-electron chi connectivity index (χ4n) is 1.58. The van der Waals surface area contributed by atoms with Gasteiger partial charge in [-0.1, -0.05) is 18.2 Å². The van der Waals surface area contributed by atoms with Crippen LogP contribution in [0.4, 0.5) is 8.78 Å². The number of carbonyl (C=O) groups is 1. The highest BCUT2D eigenvalue weighted by Crippen LogP contribution is 2.24. The Kier molecular flexibility index (Phi) is 4.32. The summed E-state index contributed by atoms with van der Waals surface area (Å²) in [5.41, 5.74) is 1.39. The van der Waals surface area contributed by atoms with Gasteiger partial charge in [-0.3, -0.25) is 4.79 Å². The predicted octanol–water partition coefficient (Wildman–Crippen LogP) is 4.46. The molecule has 1 nitrogen and oxygen atoms in total. The van der Waals surface area contributed by atoms with Crippen molar-refractivity contribution in [2.75, 3.05) is 0 Å². The van der Waals surface area contributed by atoms with E-state index in [2.05, 4.69) is 0 Å². The van der Waals surface area contributed by atoms with Crippen molar-refractivity contribution in [2.45, 2.75) is 17.6 Å². The van der Waals surface area contributed by atoms with Crippen molar-refractivity contribution < 1.29 is 13.6 Å². The van der Waals surface area contributed by atoms with Crippen molar-refractivity contribution in [1.29, 1.82) is 0 Å². The van der Waals surface area contributed by atoms with Gasteiger partial charge in [0.2, 0.25) is 0 Å². The van der Waals surface area contributed by atoms with E-state index in [0.29, 0.717) is 11.3 Å². The Hall–Kier alpha value is -1.68. The largest absolute Gasteiger partial charge is 0.295 e. The van der Waals surface area contributed by atoms with Gasteiger partial charge in [0, 0.05) is 16.2 Å². The predicted molar refractivity (Wildman–Crippen MR) is 72.4 cm³/mol. The SMILES string of the molecule is CC(=O)c1ccc(SCc2ccc(F)c(F)c2)cc1.